The van der Waals surface area contributed by atoms with E-state index < -0.39 is 10.0 Å². The van der Waals surface area contributed by atoms with Crippen molar-refractivity contribution in [2.24, 2.45) is 5.92 Å². The van der Waals surface area contributed by atoms with Crippen molar-refractivity contribution in [3.63, 3.8) is 0 Å². The van der Waals surface area contributed by atoms with Crippen LogP contribution in [0.15, 0.2) is 35.2 Å². The van der Waals surface area contributed by atoms with Crippen molar-refractivity contribution < 1.29 is 13.2 Å². The molecule has 1 aromatic heterocycles. The summed E-state index contributed by atoms with van der Waals surface area (Å²) in [6.45, 7) is 3.39. The van der Waals surface area contributed by atoms with Gasteiger partial charge in [-0.15, -0.1) is 11.3 Å². The minimum absolute atomic E-state index is 0.00285. The van der Waals surface area contributed by atoms with Gasteiger partial charge < -0.3 is 4.90 Å². The zero-order valence-electron chi connectivity index (χ0n) is 17.0. The summed E-state index contributed by atoms with van der Waals surface area (Å²) in [5.74, 6) is 0.706. The highest BCUT2D eigenvalue weighted by atomic mass is 32.2. The van der Waals surface area contributed by atoms with E-state index in [1.165, 1.54) is 39.7 Å². The van der Waals surface area contributed by atoms with Crippen molar-refractivity contribution in [3.8, 4) is 6.07 Å². The quantitative estimate of drug-likeness (QED) is 0.726. The highest BCUT2D eigenvalue weighted by Crippen LogP contribution is 2.34. The largest absolute Gasteiger partial charge is 0.335 e. The first kappa shape index (κ1) is 21.0. The molecule has 8 heteroatoms. The molecule has 0 N–H and O–H groups in total. The van der Waals surface area contributed by atoms with E-state index >= 15 is 0 Å². The Kier molecular flexibility index (Phi) is 5.96. The number of fused-ring (bicyclic) bond motifs is 1. The molecule has 1 aliphatic heterocycles. The Morgan fingerprint density at radius 2 is 1.97 bits per heavy atom. The molecule has 0 spiro atoms. The van der Waals surface area contributed by atoms with Gasteiger partial charge in [0, 0.05) is 31.1 Å². The van der Waals surface area contributed by atoms with Crippen molar-refractivity contribution in [1.29, 1.82) is 5.26 Å². The number of hydrogen-bond donors (Lipinski definition) is 0. The molecule has 1 atom stereocenters. The minimum Gasteiger partial charge on any atom is -0.335 e. The number of rotatable bonds is 4. The summed E-state index contributed by atoms with van der Waals surface area (Å²) in [7, 11) is -3.75. The average Bonchev–Trinajstić information content (AvgIpc) is 3.21. The molecule has 1 aromatic carbocycles. The summed E-state index contributed by atoms with van der Waals surface area (Å²) in [6.07, 6.45) is 4.47. The predicted octanol–water partition coefficient (Wildman–Crippen LogP) is 3.28. The average molecular weight is 444 g/mol. The first-order valence-electron chi connectivity index (χ1n) is 10.3. The molecule has 1 saturated heterocycles. The van der Waals surface area contributed by atoms with Crippen LogP contribution in [0.5, 0.6) is 0 Å². The van der Waals surface area contributed by atoms with E-state index in [1.54, 1.807) is 28.4 Å². The van der Waals surface area contributed by atoms with Crippen LogP contribution < -0.4 is 0 Å². The van der Waals surface area contributed by atoms with Crippen molar-refractivity contribution in [3.05, 3.63) is 51.2 Å². The molecule has 158 valence electrons. The van der Waals surface area contributed by atoms with Crippen LogP contribution in [0.4, 0.5) is 0 Å². The van der Waals surface area contributed by atoms with E-state index in [2.05, 4.69) is 13.0 Å². The second kappa shape index (κ2) is 8.50. The Hall–Kier alpha value is -2.21. The summed E-state index contributed by atoms with van der Waals surface area (Å²) >= 11 is 1.60. The molecule has 0 unspecified atom stereocenters. The van der Waals surface area contributed by atoms with Gasteiger partial charge in [0.2, 0.25) is 10.0 Å². The van der Waals surface area contributed by atoms with Crippen LogP contribution in [0.1, 0.15) is 45.4 Å². The van der Waals surface area contributed by atoms with Gasteiger partial charge in [0.15, 0.2) is 0 Å². The number of hydrogen-bond acceptors (Lipinski definition) is 5. The van der Waals surface area contributed by atoms with E-state index in [9.17, 15) is 18.5 Å². The van der Waals surface area contributed by atoms with Crippen LogP contribution in [0, 0.1) is 17.2 Å². The number of nitriles is 1. The van der Waals surface area contributed by atoms with Gasteiger partial charge in [0.25, 0.3) is 5.91 Å². The van der Waals surface area contributed by atoms with Gasteiger partial charge in [-0.25, -0.2) is 8.42 Å². The van der Waals surface area contributed by atoms with E-state index in [0.29, 0.717) is 19.0 Å². The maximum absolute atomic E-state index is 13.0. The van der Waals surface area contributed by atoms with Gasteiger partial charge in [0.05, 0.1) is 15.3 Å². The third-order valence-electron chi connectivity index (χ3n) is 6.12. The first-order valence-corrected chi connectivity index (χ1v) is 12.6. The van der Waals surface area contributed by atoms with Crippen LogP contribution in [0.25, 0.3) is 0 Å². The number of carbonyl (C=O) groups excluding carboxylic acids is 1. The zero-order chi connectivity index (χ0) is 21.3. The number of piperazine rings is 1. The maximum atomic E-state index is 13.0. The molecule has 2 heterocycles. The molecular formula is C22H25N3O3S2. The standard InChI is InChI=1S/C22H25N3O3S2/c1-2-16-7-8-19-18(13-16)14-20(29-19)22(26)24-9-11-25(12-10-24)30(27,28)21-6-4-3-5-17(21)15-23/h3-6,14,16H,2,7-13H2,1H3/t16-/m0/s1. The number of sulfonamides is 1. The van der Waals surface area contributed by atoms with Crippen LogP contribution in [-0.4, -0.2) is 49.7 Å². The summed E-state index contributed by atoms with van der Waals surface area (Å²) in [6, 6.07) is 10.2. The molecule has 2 aliphatic rings. The maximum Gasteiger partial charge on any atom is 0.264 e. The van der Waals surface area contributed by atoms with Crippen LogP contribution in [0.3, 0.4) is 0 Å². The third-order valence-corrected chi connectivity index (χ3v) is 9.31. The monoisotopic (exact) mass is 443 g/mol. The fraction of sp³-hybridized carbons (Fsp3) is 0.455. The van der Waals surface area contributed by atoms with Gasteiger partial charge in [-0.2, -0.15) is 9.57 Å². The van der Waals surface area contributed by atoms with Crippen LogP contribution in [0.2, 0.25) is 0 Å². The molecule has 30 heavy (non-hydrogen) atoms. The normalized spacial score (nSPS) is 19.9. The van der Waals surface area contributed by atoms with E-state index in [1.807, 2.05) is 6.07 Å². The molecular weight excluding hydrogens is 418 g/mol. The Morgan fingerprint density at radius 1 is 1.23 bits per heavy atom. The molecule has 1 amide bonds. The molecule has 6 nitrogen and oxygen atoms in total. The van der Waals surface area contributed by atoms with E-state index in [4.69, 9.17) is 0 Å². The SMILES string of the molecule is CC[C@H]1CCc2sc(C(=O)N3CCN(S(=O)(=O)c4ccccc4C#N)CC3)cc2C1. The van der Waals surface area contributed by atoms with Crippen LogP contribution >= 0.6 is 11.3 Å². The van der Waals surface area contributed by atoms with Crippen molar-refractivity contribution in [1.82, 2.24) is 9.21 Å². The number of thiophene rings is 1. The predicted molar refractivity (Wildman–Crippen MR) is 116 cm³/mol. The molecule has 2 aromatic rings. The highest BCUT2D eigenvalue weighted by molar-refractivity contribution is 7.89. The summed E-state index contributed by atoms with van der Waals surface area (Å²) < 4.78 is 27.3. The highest BCUT2D eigenvalue weighted by Gasteiger charge is 2.32. The molecule has 4 rings (SSSR count). The zero-order valence-corrected chi connectivity index (χ0v) is 18.6. The molecule has 1 aliphatic carbocycles. The first-order chi connectivity index (χ1) is 14.4. The lowest BCUT2D eigenvalue weighted by Crippen LogP contribution is -2.50. The number of nitrogens with zero attached hydrogens (tertiary/aromatic N) is 3. The number of amides is 1. The van der Waals surface area contributed by atoms with Gasteiger partial charge in [-0.05, 0) is 48.9 Å². The van der Waals surface area contributed by atoms with E-state index in [-0.39, 0.29) is 29.5 Å². The fourth-order valence-electron chi connectivity index (χ4n) is 4.26. The van der Waals surface area contributed by atoms with Crippen molar-refractivity contribution in [2.45, 2.75) is 37.5 Å². The Morgan fingerprint density at radius 3 is 2.67 bits per heavy atom. The summed E-state index contributed by atoms with van der Waals surface area (Å²) in [5.41, 5.74) is 1.46. The van der Waals surface area contributed by atoms with Crippen molar-refractivity contribution >= 4 is 27.3 Å². The lowest BCUT2D eigenvalue weighted by Gasteiger charge is -2.33. The van der Waals surface area contributed by atoms with Crippen LogP contribution in [-0.2, 0) is 22.9 Å². The summed E-state index contributed by atoms with van der Waals surface area (Å²) in [5, 5.41) is 9.24. The third kappa shape index (κ3) is 3.89. The minimum atomic E-state index is -3.75. The molecule has 0 saturated carbocycles. The molecule has 0 radical (unpaired) electrons. The Labute approximate surface area is 181 Å². The smallest absolute Gasteiger partial charge is 0.264 e. The fourth-order valence-corrected chi connectivity index (χ4v) is 7.00. The lowest BCUT2D eigenvalue weighted by molar-refractivity contribution is 0.0702. The number of benzene rings is 1. The van der Waals surface area contributed by atoms with Gasteiger partial charge in [-0.3, -0.25) is 4.79 Å². The number of carbonyl (C=O) groups is 1. The Balaban J connectivity index is 1.44. The Bertz CT molecular complexity index is 1090. The number of aryl methyl sites for hydroxylation is 1. The van der Waals surface area contributed by atoms with E-state index in [0.717, 1.165) is 17.7 Å². The van der Waals surface area contributed by atoms with Crippen molar-refractivity contribution in [2.75, 3.05) is 26.2 Å². The van der Waals surface area contributed by atoms with Gasteiger partial charge >= 0.3 is 0 Å². The van der Waals surface area contributed by atoms with Gasteiger partial charge in [0.1, 0.15) is 6.07 Å². The van der Waals surface area contributed by atoms with Gasteiger partial charge in [-0.1, -0.05) is 25.5 Å². The molecule has 0 bridgehead atoms. The second-order valence-corrected chi connectivity index (χ2v) is 10.9. The second-order valence-electron chi connectivity index (χ2n) is 7.88. The topological polar surface area (TPSA) is 81.5 Å². The molecule has 1 fully saturated rings. The lowest BCUT2D eigenvalue weighted by atomic mass is 9.87. The summed E-state index contributed by atoms with van der Waals surface area (Å²) in [4.78, 5) is 16.9.